The summed E-state index contributed by atoms with van der Waals surface area (Å²) in [5, 5.41) is 10.2. The van der Waals surface area contributed by atoms with Crippen molar-refractivity contribution in [2.75, 3.05) is 33.7 Å². The van der Waals surface area contributed by atoms with Crippen LogP contribution in [0.25, 0.3) is 0 Å². The molecule has 0 fully saturated rings. The van der Waals surface area contributed by atoms with Gasteiger partial charge >= 0.3 is 6.18 Å². The number of nitrogens with zero attached hydrogens (tertiary/aromatic N) is 6. The van der Waals surface area contributed by atoms with Gasteiger partial charge in [-0.25, -0.2) is 0 Å². The number of halogens is 3. The molecule has 0 aliphatic carbocycles. The monoisotopic (exact) mass is 786 g/mol. The third-order valence-electron chi connectivity index (χ3n) is 6.99. The minimum Gasteiger partial charge on any atom is -0.510 e. The quantitative estimate of drug-likeness (QED) is 0.212. The molecule has 7 rings (SSSR count). The maximum atomic E-state index is 13.1. The SMILES string of the molecule is CN1C=CN(c2[c-]c(N3C=CN(C)[CH-]3)cc(C(F)(F)F)c2)[CH-]1.Oc1ccccc1N1[CH-]N(c2[c-]cccc2)c2ccccc21.[Ir]. The van der Waals surface area contributed by atoms with E-state index in [9.17, 15) is 18.3 Å². The Labute approximate surface area is 274 Å². The molecule has 45 heavy (non-hydrogen) atoms. The van der Waals surface area contributed by atoms with Gasteiger partial charge in [0.1, 0.15) is 5.75 Å². The van der Waals surface area contributed by atoms with E-state index in [1.807, 2.05) is 72.2 Å². The number of fused-ring (bicyclic) bond motifs is 1. The van der Waals surface area contributed by atoms with Crippen molar-refractivity contribution in [1.29, 1.82) is 0 Å². The second kappa shape index (κ2) is 13.2. The van der Waals surface area contributed by atoms with E-state index < -0.39 is 11.7 Å². The summed E-state index contributed by atoms with van der Waals surface area (Å²) in [5.74, 6) is 0.257. The molecule has 0 spiro atoms. The second-order valence-electron chi connectivity index (χ2n) is 10.2. The fourth-order valence-electron chi connectivity index (χ4n) is 4.86. The molecule has 0 bridgehead atoms. The Morgan fingerprint density at radius 2 is 1.18 bits per heavy atom. The van der Waals surface area contributed by atoms with Crippen LogP contribution in [0.3, 0.4) is 0 Å². The molecule has 235 valence electrons. The molecule has 11 heteroatoms. The Bertz CT molecular complexity index is 1640. The van der Waals surface area contributed by atoms with Crippen LogP contribution in [0, 0.1) is 32.1 Å². The Hall–Kier alpha value is -4.60. The molecule has 0 atom stereocenters. The van der Waals surface area contributed by atoms with Crippen molar-refractivity contribution in [2.24, 2.45) is 0 Å². The largest absolute Gasteiger partial charge is 0.510 e. The van der Waals surface area contributed by atoms with Crippen LogP contribution < -0.4 is 19.6 Å². The smallest absolute Gasteiger partial charge is 0.394 e. The van der Waals surface area contributed by atoms with Gasteiger partial charge in [-0.05, 0) is 63.2 Å². The number of aromatic hydroxyl groups is 1. The average molecular weight is 786 g/mol. The van der Waals surface area contributed by atoms with Crippen molar-refractivity contribution in [3.8, 4) is 5.75 Å². The summed E-state index contributed by atoms with van der Waals surface area (Å²) in [6.45, 7) is 5.35. The van der Waals surface area contributed by atoms with Gasteiger partial charge in [0, 0.05) is 31.5 Å². The van der Waals surface area contributed by atoms with Gasteiger partial charge in [-0.15, -0.1) is 41.9 Å². The number of hydrogen-bond acceptors (Lipinski definition) is 7. The van der Waals surface area contributed by atoms with E-state index in [1.54, 1.807) is 77.9 Å². The first-order valence-electron chi connectivity index (χ1n) is 13.7. The summed E-state index contributed by atoms with van der Waals surface area (Å²) < 4.78 is 39.4. The van der Waals surface area contributed by atoms with Crippen molar-refractivity contribution >= 4 is 34.1 Å². The van der Waals surface area contributed by atoms with Crippen LogP contribution in [-0.2, 0) is 26.3 Å². The van der Waals surface area contributed by atoms with E-state index in [-0.39, 0.29) is 25.9 Å². The molecule has 0 saturated heterocycles. The van der Waals surface area contributed by atoms with E-state index in [2.05, 4.69) is 23.1 Å². The minimum atomic E-state index is -4.41. The van der Waals surface area contributed by atoms with Gasteiger partial charge in [0.15, 0.2) is 0 Å². The van der Waals surface area contributed by atoms with Gasteiger partial charge in [-0.3, -0.25) is 0 Å². The van der Waals surface area contributed by atoms with Crippen LogP contribution in [0.5, 0.6) is 5.75 Å². The zero-order valence-electron chi connectivity index (χ0n) is 24.2. The fourth-order valence-corrected chi connectivity index (χ4v) is 4.86. The molecule has 0 amide bonds. The Morgan fingerprint density at radius 3 is 1.67 bits per heavy atom. The van der Waals surface area contributed by atoms with Crippen LogP contribution in [0.2, 0.25) is 0 Å². The topological polar surface area (TPSA) is 39.7 Å². The molecule has 3 aliphatic heterocycles. The maximum Gasteiger partial charge on any atom is 0.394 e. The summed E-state index contributed by atoms with van der Waals surface area (Å²) in [6.07, 6.45) is 2.47. The molecule has 1 radical (unpaired) electrons. The second-order valence-corrected chi connectivity index (χ2v) is 10.2. The standard InChI is InChI=1S/C19H14N2O.C15H14F3N4.Ir/c22-19-13-7-6-12-18(19)21-14-20(15-8-2-1-3-9-15)16-10-4-5-11-17(16)21;1-19-3-5-21(10-19)13-7-12(15(16,17)18)8-14(9-13)22-6-4-20(2)11-22;/h1-8,10-14,22H;3-8,10-11H,1-2H3;/q-2;-3;. The fraction of sp³-hybridized carbons (Fsp3) is 0.0882. The van der Waals surface area contributed by atoms with Crippen molar-refractivity contribution < 1.29 is 38.4 Å². The predicted octanol–water partition coefficient (Wildman–Crippen LogP) is 7.79. The van der Waals surface area contributed by atoms with Gasteiger partial charge < -0.3 is 34.5 Å². The van der Waals surface area contributed by atoms with Gasteiger partial charge in [-0.2, -0.15) is 56.8 Å². The van der Waals surface area contributed by atoms with E-state index in [0.29, 0.717) is 11.4 Å². The number of phenols is 1. The molecular weight excluding hydrogens is 758 g/mol. The average Bonchev–Trinajstić information content (AvgIpc) is 3.76. The number of benzene rings is 4. The van der Waals surface area contributed by atoms with Crippen LogP contribution in [0.15, 0.2) is 110 Å². The first-order chi connectivity index (χ1) is 21.2. The van der Waals surface area contributed by atoms with Crippen LogP contribution in [0.1, 0.15) is 5.56 Å². The van der Waals surface area contributed by atoms with Gasteiger partial charge in [0.2, 0.25) is 0 Å². The summed E-state index contributed by atoms with van der Waals surface area (Å²) in [4.78, 5) is 10.8. The first kappa shape index (κ1) is 31.8. The molecule has 7 nitrogen and oxygen atoms in total. The Balaban J connectivity index is 0.000000174. The summed E-state index contributed by atoms with van der Waals surface area (Å²) in [5.41, 5.74) is 3.78. The molecule has 3 heterocycles. The van der Waals surface area contributed by atoms with Gasteiger partial charge in [0.25, 0.3) is 0 Å². The predicted molar refractivity (Wildman–Crippen MR) is 166 cm³/mol. The zero-order valence-corrected chi connectivity index (χ0v) is 26.6. The van der Waals surface area contributed by atoms with E-state index in [0.717, 1.165) is 34.9 Å². The Morgan fingerprint density at radius 1 is 0.644 bits per heavy atom. The normalized spacial score (nSPS) is 15.3. The van der Waals surface area contributed by atoms with Crippen molar-refractivity contribution in [2.45, 2.75) is 6.18 Å². The number of para-hydroxylation sites is 5. The maximum absolute atomic E-state index is 13.1. The summed E-state index contributed by atoms with van der Waals surface area (Å²) in [7, 11) is 3.61. The van der Waals surface area contributed by atoms with Crippen LogP contribution >= 0.6 is 0 Å². The number of rotatable bonds is 4. The first-order valence-corrected chi connectivity index (χ1v) is 13.7. The molecule has 0 saturated carbocycles. The third kappa shape index (κ3) is 6.90. The summed E-state index contributed by atoms with van der Waals surface area (Å²) in [6, 6.07) is 31.8. The van der Waals surface area contributed by atoms with Gasteiger partial charge in [0.05, 0.1) is 5.69 Å². The number of phenolic OH excluding ortho intramolecular Hbond substituents is 1. The van der Waals surface area contributed by atoms with Crippen LogP contribution in [-0.4, -0.2) is 29.0 Å². The van der Waals surface area contributed by atoms with Gasteiger partial charge in [-0.1, -0.05) is 29.8 Å². The minimum absolute atomic E-state index is 0. The Kier molecular flexibility index (Phi) is 9.32. The van der Waals surface area contributed by atoms with Crippen molar-refractivity contribution in [3.63, 3.8) is 0 Å². The van der Waals surface area contributed by atoms with Crippen molar-refractivity contribution in [3.05, 3.63) is 147 Å². The van der Waals surface area contributed by atoms with Crippen molar-refractivity contribution in [1.82, 2.24) is 9.80 Å². The van der Waals surface area contributed by atoms with Crippen LogP contribution in [0.4, 0.5) is 47.3 Å². The number of anilines is 6. The number of hydrogen-bond donors (Lipinski definition) is 1. The third-order valence-corrected chi connectivity index (χ3v) is 6.99. The molecule has 3 aliphatic rings. The van der Waals surface area contributed by atoms with E-state index in [1.165, 1.54) is 0 Å². The molecular formula is C34H28F3IrN6O-5. The molecule has 4 aromatic carbocycles. The number of alkyl halides is 3. The van der Waals surface area contributed by atoms with E-state index >= 15 is 0 Å². The molecule has 4 aromatic rings. The molecule has 0 unspecified atom stereocenters. The molecule has 0 aromatic heterocycles. The van der Waals surface area contributed by atoms with E-state index in [4.69, 9.17) is 0 Å². The zero-order chi connectivity index (χ0) is 30.8. The molecule has 1 N–H and O–H groups in total. The summed E-state index contributed by atoms with van der Waals surface area (Å²) >= 11 is 0.